The fourth-order valence-corrected chi connectivity index (χ4v) is 2.65. The highest BCUT2D eigenvalue weighted by Gasteiger charge is 2.17. The molecule has 0 unspecified atom stereocenters. The van der Waals surface area contributed by atoms with Gasteiger partial charge in [0, 0.05) is 5.69 Å². The number of benzene rings is 1. The van der Waals surface area contributed by atoms with E-state index in [2.05, 4.69) is 4.98 Å². The van der Waals surface area contributed by atoms with Crippen molar-refractivity contribution in [1.82, 2.24) is 4.98 Å². The number of nitrogens with one attached hydrogen (secondary N) is 1. The number of pyridine rings is 1. The van der Waals surface area contributed by atoms with Gasteiger partial charge in [0.1, 0.15) is 0 Å². The van der Waals surface area contributed by atoms with E-state index in [-0.39, 0.29) is 23.7 Å². The Balaban J connectivity index is 1.95. The maximum atomic E-state index is 12.6. The molecule has 1 N–H and O–H groups in total. The number of hydrogen-bond donors (Lipinski definition) is 1. The summed E-state index contributed by atoms with van der Waals surface area (Å²) in [6.45, 7) is 5.46. The summed E-state index contributed by atoms with van der Waals surface area (Å²) in [6.07, 6.45) is 1.74. The lowest BCUT2D eigenvalue weighted by molar-refractivity contribution is 0.103. The van der Waals surface area contributed by atoms with Crippen LogP contribution >= 0.6 is 0 Å². The number of aryl methyl sites for hydroxylation is 2. The predicted molar refractivity (Wildman–Crippen MR) is 87.1 cm³/mol. The smallest absolute Gasteiger partial charge is 0.259 e. The van der Waals surface area contributed by atoms with E-state index in [4.69, 9.17) is 9.47 Å². The molecule has 1 aliphatic heterocycles. The number of ether oxygens (including phenoxy) is 2. The number of carbonyl (C=O) groups excluding carboxylic acids is 1. The third-order valence-corrected chi connectivity index (χ3v) is 3.73. The first kappa shape index (κ1) is 15.1. The van der Waals surface area contributed by atoms with E-state index in [1.54, 1.807) is 39.0 Å². The summed E-state index contributed by atoms with van der Waals surface area (Å²) in [5.74, 6) is 1.07. The number of Topliss-reactive ketones (excluding diaryl/α,β-unsaturated/α-hetero) is 1. The normalized spacial score (nSPS) is 13.3. The van der Waals surface area contributed by atoms with Crippen LogP contribution in [0.25, 0.3) is 6.08 Å². The third kappa shape index (κ3) is 2.90. The first-order valence-electron chi connectivity index (χ1n) is 7.29. The maximum absolute atomic E-state index is 12.6. The molecule has 0 radical (unpaired) electrons. The minimum atomic E-state index is -0.356. The molecular formula is C18H17NO4. The quantitative estimate of drug-likeness (QED) is 0.699. The average Bonchev–Trinajstić information content (AvgIpc) is 2.93. The highest BCUT2D eigenvalue weighted by Crippen LogP contribution is 2.33. The van der Waals surface area contributed by atoms with Gasteiger partial charge in [-0.3, -0.25) is 9.59 Å². The van der Waals surface area contributed by atoms with E-state index in [1.807, 2.05) is 12.1 Å². The van der Waals surface area contributed by atoms with Gasteiger partial charge in [0.2, 0.25) is 6.79 Å². The molecule has 118 valence electrons. The Kier molecular flexibility index (Phi) is 3.78. The molecule has 0 spiro atoms. The Morgan fingerprint density at radius 3 is 2.65 bits per heavy atom. The van der Waals surface area contributed by atoms with Crippen LogP contribution in [0.4, 0.5) is 0 Å². The van der Waals surface area contributed by atoms with E-state index >= 15 is 0 Å². The number of H-pyrrole nitrogens is 1. The summed E-state index contributed by atoms with van der Waals surface area (Å²) >= 11 is 0. The number of aromatic nitrogens is 1. The van der Waals surface area contributed by atoms with Crippen molar-refractivity contribution in [3.63, 3.8) is 0 Å². The molecule has 1 aromatic carbocycles. The third-order valence-electron chi connectivity index (χ3n) is 3.73. The van der Waals surface area contributed by atoms with Crippen LogP contribution < -0.4 is 15.0 Å². The Morgan fingerprint density at radius 2 is 1.91 bits per heavy atom. The Labute approximate surface area is 133 Å². The molecule has 0 atom stereocenters. The van der Waals surface area contributed by atoms with Crippen molar-refractivity contribution < 1.29 is 14.3 Å². The van der Waals surface area contributed by atoms with Gasteiger partial charge in [-0.1, -0.05) is 6.07 Å². The lowest BCUT2D eigenvalue weighted by atomic mass is 9.99. The van der Waals surface area contributed by atoms with Crippen molar-refractivity contribution in [2.75, 3.05) is 6.79 Å². The monoisotopic (exact) mass is 311 g/mol. The zero-order chi connectivity index (χ0) is 16.6. The summed E-state index contributed by atoms with van der Waals surface area (Å²) in [4.78, 5) is 27.3. The molecule has 2 aromatic rings. The Hall–Kier alpha value is -2.82. The zero-order valence-corrected chi connectivity index (χ0v) is 13.2. The van der Waals surface area contributed by atoms with Crippen molar-refractivity contribution in [2.45, 2.75) is 20.8 Å². The average molecular weight is 311 g/mol. The van der Waals surface area contributed by atoms with Crippen molar-refractivity contribution in [3.8, 4) is 11.5 Å². The fraction of sp³-hybridized carbons (Fsp3) is 0.222. The molecule has 1 aliphatic rings. The summed E-state index contributed by atoms with van der Waals surface area (Å²) in [7, 11) is 0. The summed E-state index contributed by atoms with van der Waals surface area (Å²) in [5, 5.41) is 0. The predicted octanol–water partition coefficient (Wildman–Crippen LogP) is 3.01. The van der Waals surface area contributed by atoms with Gasteiger partial charge in [-0.05, 0) is 61.7 Å². The Bertz CT molecular complexity index is 877. The van der Waals surface area contributed by atoms with Crippen molar-refractivity contribution in [2.24, 2.45) is 0 Å². The number of rotatable bonds is 3. The molecule has 0 fully saturated rings. The Morgan fingerprint density at radius 1 is 1.17 bits per heavy atom. The SMILES string of the molecule is CC(=Cc1ccc2c(c1)OCO2)C(=O)c1c(C)cc(C)[nH]c1=O. The van der Waals surface area contributed by atoms with Crippen LogP contribution in [0.15, 0.2) is 34.6 Å². The molecule has 0 aliphatic carbocycles. The lowest BCUT2D eigenvalue weighted by Crippen LogP contribution is -2.21. The second kappa shape index (κ2) is 5.76. The van der Waals surface area contributed by atoms with Gasteiger partial charge < -0.3 is 14.5 Å². The molecule has 23 heavy (non-hydrogen) atoms. The fourth-order valence-electron chi connectivity index (χ4n) is 2.65. The van der Waals surface area contributed by atoms with Crippen LogP contribution in [-0.4, -0.2) is 17.6 Å². The molecule has 5 heteroatoms. The second-order valence-electron chi connectivity index (χ2n) is 5.61. The van der Waals surface area contributed by atoms with E-state index in [0.717, 1.165) is 11.3 Å². The summed E-state index contributed by atoms with van der Waals surface area (Å²) in [5.41, 5.74) is 2.55. The molecule has 1 aromatic heterocycles. The topological polar surface area (TPSA) is 68.4 Å². The van der Waals surface area contributed by atoms with Crippen molar-refractivity contribution >= 4 is 11.9 Å². The second-order valence-corrected chi connectivity index (χ2v) is 5.61. The zero-order valence-electron chi connectivity index (χ0n) is 13.2. The number of ketones is 1. The number of aromatic amines is 1. The van der Waals surface area contributed by atoms with Crippen molar-refractivity contribution in [1.29, 1.82) is 0 Å². The van der Waals surface area contributed by atoms with Gasteiger partial charge in [-0.2, -0.15) is 0 Å². The first-order chi connectivity index (χ1) is 11.0. The van der Waals surface area contributed by atoms with Crippen LogP contribution in [0.2, 0.25) is 0 Å². The molecule has 0 saturated carbocycles. The first-order valence-corrected chi connectivity index (χ1v) is 7.29. The summed E-state index contributed by atoms with van der Waals surface area (Å²) < 4.78 is 10.6. The highest BCUT2D eigenvalue weighted by atomic mass is 16.7. The van der Waals surface area contributed by atoms with Gasteiger partial charge in [0.25, 0.3) is 5.56 Å². The van der Waals surface area contributed by atoms with Crippen LogP contribution in [0.1, 0.15) is 34.1 Å². The van der Waals surface area contributed by atoms with E-state index in [0.29, 0.717) is 22.6 Å². The van der Waals surface area contributed by atoms with E-state index in [9.17, 15) is 9.59 Å². The van der Waals surface area contributed by atoms with Gasteiger partial charge in [-0.15, -0.1) is 0 Å². The standard InChI is InChI=1S/C18H17NO4/c1-10-6-12(3)19-18(21)16(10)17(20)11(2)7-13-4-5-14-15(8-13)23-9-22-14/h4-8H,9H2,1-3H3,(H,19,21). The molecule has 3 rings (SSSR count). The molecule has 2 heterocycles. The van der Waals surface area contributed by atoms with Crippen LogP contribution in [0.3, 0.4) is 0 Å². The molecule has 5 nitrogen and oxygen atoms in total. The lowest BCUT2D eigenvalue weighted by Gasteiger charge is -2.06. The molecule has 0 bridgehead atoms. The van der Waals surface area contributed by atoms with Crippen LogP contribution in [-0.2, 0) is 0 Å². The summed E-state index contributed by atoms with van der Waals surface area (Å²) in [6, 6.07) is 7.25. The van der Waals surface area contributed by atoms with Crippen LogP contribution in [0, 0.1) is 13.8 Å². The van der Waals surface area contributed by atoms with Gasteiger partial charge in [0.15, 0.2) is 17.3 Å². The number of allylic oxidation sites excluding steroid dienone is 1. The van der Waals surface area contributed by atoms with E-state index < -0.39 is 0 Å². The largest absolute Gasteiger partial charge is 0.454 e. The minimum Gasteiger partial charge on any atom is -0.454 e. The van der Waals surface area contributed by atoms with Crippen molar-refractivity contribution in [3.05, 3.63) is 62.6 Å². The van der Waals surface area contributed by atoms with Gasteiger partial charge in [0.05, 0.1) is 5.56 Å². The number of fused-ring (bicyclic) bond motifs is 1. The molecule has 0 amide bonds. The minimum absolute atomic E-state index is 0.185. The van der Waals surface area contributed by atoms with Gasteiger partial charge in [-0.25, -0.2) is 0 Å². The number of hydrogen-bond acceptors (Lipinski definition) is 4. The van der Waals surface area contributed by atoms with E-state index in [1.165, 1.54) is 0 Å². The van der Waals surface area contributed by atoms with Gasteiger partial charge >= 0.3 is 0 Å². The van der Waals surface area contributed by atoms with Crippen LogP contribution in [0.5, 0.6) is 11.5 Å². The number of carbonyl (C=O) groups is 1. The highest BCUT2D eigenvalue weighted by molar-refractivity contribution is 6.11. The molecule has 0 saturated heterocycles. The molecular weight excluding hydrogens is 294 g/mol. The maximum Gasteiger partial charge on any atom is 0.259 e.